The topological polar surface area (TPSA) is 64.8 Å². The van der Waals surface area contributed by atoms with Gasteiger partial charge in [0.2, 0.25) is 12.7 Å². The van der Waals surface area contributed by atoms with Crippen LogP contribution in [0.15, 0.2) is 18.2 Å². The number of nitrogens with two attached hydrogens (primary N) is 1. The molecule has 0 aromatic heterocycles. The first-order valence-corrected chi connectivity index (χ1v) is 6.01. The molecule has 2 rings (SSSR count). The molecule has 0 bridgehead atoms. The number of hydrogen-bond acceptors (Lipinski definition) is 4. The van der Waals surface area contributed by atoms with E-state index in [0.717, 1.165) is 17.1 Å². The van der Waals surface area contributed by atoms with Gasteiger partial charge in [0, 0.05) is 13.6 Å². The van der Waals surface area contributed by atoms with Gasteiger partial charge in [-0.2, -0.15) is 0 Å². The first-order chi connectivity index (χ1) is 8.61. The quantitative estimate of drug-likeness (QED) is 0.869. The second-order valence-corrected chi connectivity index (χ2v) is 4.40. The molecule has 1 atom stereocenters. The fourth-order valence-corrected chi connectivity index (χ4v) is 1.85. The van der Waals surface area contributed by atoms with Crippen molar-refractivity contribution in [3.8, 4) is 11.5 Å². The predicted molar refractivity (Wildman–Crippen MR) is 67.3 cm³/mol. The number of nitrogens with zero attached hydrogens (tertiary/aromatic N) is 1. The van der Waals surface area contributed by atoms with Crippen molar-refractivity contribution in [2.75, 3.05) is 13.8 Å². The minimum Gasteiger partial charge on any atom is -0.454 e. The van der Waals surface area contributed by atoms with E-state index < -0.39 is 6.04 Å². The lowest BCUT2D eigenvalue weighted by Crippen LogP contribution is -2.40. The fourth-order valence-electron chi connectivity index (χ4n) is 1.85. The van der Waals surface area contributed by atoms with Crippen molar-refractivity contribution < 1.29 is 14.3 Å². The van der Waals surface area contributed by atoms with Crippen LogP contribution in [0.25, 0.3) is 0 Å². The van der Waals surface area contributed by atoms with Crippen LogP contribution >= 0.6 is 0 Å². The Morgan fingerprint density at radius 2 is 2.17 bits per heavy atom. The SMILES string of the molecule is CC[C@@H](N)C(=O)N(C)Cc1ccc2c(c1)OCO2. The third-order valence-corrected chi connectivity index (χ3v) is 2.99. The van der Waals surface area contributed by atoms with E-state index in [0.29, 0.717) is 13.0 Å². The van der Waals surface area contributed by atoms with E-state index in [1.54, 1.807) is 11.9 Å². The maximum atomic E-state index is 11.9. The number of fused-ring (bicyclic) bond motifs is 1. The zero-order valence-corrected chi connectivity index (χ0v) is 10.7. The molecule has 18 heavy (non-hydrogen) atoms. The average Bonchev–Trinajstić information content (AvgIpc) is 2.84. The van der Waals surface area contributed by atoms with Gasteiger partial charge in [-0.25, -0.2) is 0 Å². The van der Waals surface area contributed by atoms with E-state index in [9.17, 15) is 4.79 Å². The van der Waals surface area contributed by atoms with Gasteiger partial charge in [0.1, 0.15) is 0 Å². The molecule has 0 spiro atoms. The summed E-state index contributed by atoms with van der Waals surface area (Å²) in [6.45, 7) is 2.68. The molecule has 0 aliphatic carbocycles. The van der Waals surface area contributed by atoms with Gasteiger partial charge < -0.3 is 20.1 Å². The highest BCUT2D eigenvalue weighted by atomic mass is 16.7. The Labute approximate surface area is 106 Å². The molecule has 1 amide bonds. The van der Waals surface area contributed by atoms with Crippen LogP contribution in [0.1, 0.15) is 18.9 Å². The molecule has 0 radical (unpaired) electrons. The molecule has 5 nitrogen and oxygen atoms in total. The molecule has 2 N–H and O–H groups in total. The molecular weight excluding hydrogens is 232 g/mol. The Balaban J connectivity index is 2.03. The number of ether oxygens (including phenoxy) is 2. The molecule has 0 unspecified atom stereocenters. The lowest BCUT2D eigenvalue weighted by atomic mass is 10.1. The number of carbonyl (C=O) groups is 1. The minimum atomic E-state index is -0.427. The van der Waals surface area contributed by atoms with E-state index >= 15 is 0 Å². The first kappa shape index (κ1) is 12.7. The smallest absolute Gasteiger partial charge is 0.239 e. The first-order valence-electron chi connectivity index (χ1n) is 6.01. The Morgan fingerprint density at radius 1 is 1.44 bits per heavy atom. The number of rotatable bonds is 4. The summed E-state index contributed by atoms with van der Waals surface area (Å²) >= 11 is 0. The highest BCUT2D eigenvalue weighted by Crippen LogP contribution is 2.32. The molecule has 98 valence electrons. The number of amides is 1. The van der Waals surface area contributed by atoms with E-state index in [4.69, 9.17) is 15.2 Å². The molecule has 1 aliphatic heterocycles. The van der Waals surface area contributed by atoms with E-state index in [2.05, 4.69) is 0 Å². The van der Waals surface area contributed by atoms with Crippen molar-refractivity contribution in [1.29, 1.82) is 0 Å². The summed E-state index contributed by atoms with van der Waals surface area (Å²) in [5.74, 6) is 1.43. The lowest BCUT2D eigenvalue weighted by Gasteiger charge is -2.20. The minimum absolute atomic E-state index is 0.0461. The predicted octanol–water partition coefficient (Wildman–Crippen LogP) is 1.11. The molecular formula is C13H18N2O3. The summed E-state index contributed by atoms with van der Waals surface area (Å²) < 4.78 is 10.5. The third kappa shape index (κ3) is 2.56. The van der Waals surface area contributed by atoms with Gasteiger partial charge in [-0.1, -0.05) is 13.0 Å². The Kier molecular flexibility index (Phi) is 3.72. The second-order valence-electron chi connectivity index (χ2n) is 4.40. The average molecular weight is 250 g/mol. The van der Waals surface area contributed by atoms with Crippen LogP contribution in [-0.2, 0) is 11.3 Å². The van der Waals surface area contributed by atoms with Gasteiger partial charge in [-0.3, -0.25) is 4.79 Å². The van der Waals surface area contributed by atoms with Crippen LogP contribution in [0, 0.1) is 0 Å². The van der Waals surface area contributed by atoms with Crippen LogP contribution in [0.3, 0.4) is 0 Å². The third-order valence-electron chi connectivity index (χ3n) is 2.99. The molecule has 1 aromatic rings. The summed E-state index contributed by atoms with van der Waals surface area (Å²) in [6, 6.07) is 5.25. The summed E-state index contributed by atoms with van der Waals surface area (Å²) in [7, 11) is 1.75. The summed E-state index contributed by atoms with van der Waals surface area (Å²) in [5.41, 5.74) is 6.72. The number of carbonyl (C=O) groups excluding carboxylic acids is 1. The second kappa shape index (κ2) is 5.27. The number of hydrogen-bond donors (Lipinski definition) is 1. The molecule has 1 heterocycles. The van der Waals surface area contributed by atoms with Crippen molar-refractivity contribution in [2.45, 2.75) is 25.9 Å². The molecule has 0 fully saturated rings. The maximum absolute atomic E-state index is 11.9. The maximum Gasteiger partial charge on any atom is 0.239 e. The van der Waals surface area contributed by atoms with Crippen LogP contribution < -0.4 is 15.2 Å². The summed E-state index contributed by atoms with van der Waals surface area (Å²) in [4.78, 5) is 13.5. The molecule has 0 saturated carbocycles. The lowest BCUT2D eigenvalue weighted by molar-refractivity contribution is -0.131. The molecule has 0 saturated heterocycles. The Bertz CT molecular complexity index is 448. The van der Waals surface area contributed by atoms with Crippen molar-refractivity contribution >= 4 is 5.91 Å². The molecule has 1 aliphatic rings. The number of benzene rings is 1. The van der Waals surface area contributed by atoms with Gasteiger partial charge in [-0.15, -0.1) is 0 Å². The van der Waals surface area contributed by atoms with Crippen LogP contribution in [0.5, 0.6) is 11.5 Å². The zero-order chi connectivity index (χ0) is 13.1. The Morgan fingerprint density at radius 3 is 2.89 bits per heavy atom. The van der Waals surface area contributed by atoms with Gasteiger partial charge in [-0.05, 0) is 24.1 Å². The Hall–Kier alpha value is -1.75. The monoisotopic (exact) mass is 250 g/mol. The number of likely N-dealkylation sites (N-methyl/N-ethyl adjacent to an activating group) is 1. The van der Waals surface area contributed by atoms with Gasteiger partial charge in [0.15, 0.2) is 11.5 Å². The van der Waals surface area contributed by atoms with Crippen LogP contribution in [0.2, 0.25) is 0 Å². The standard InChI is InChI=1S/C13H18N2O3/c1-3-10(14)13(16)15(2)7-9-4-5-11-12(6-9)18-8-17-11/h4-6,10H,3,7-8,14H2,1-2H3/t10-/m1/s1. The van der Waals surface area contributed by atoms with E-state index in [-0.39, 0.29) is 12.7 Å². The van der Waals surface area contributed by atoms with Crippen molar-refractivity contribution in [2.24, 2.45) is 5.73 Å². The van der Waals surface area contributed by atoms with Crippen molar-refractivity contribution in [1.82, 2.24) is 4.90 Å². The van der Waals surface area contributed by atoms with E-state index in [1.807, 2.05) is 25.1 Å². The molecule has 5 heteroatoms. The van der Waals surface area contributed by atoms with Gasteiger partial charge in [0.05, 0.1) is 6.04 Å². The van der Waals surface area contributed by atoms with Gasteiger partial charge >= 0.3 is 0 Å². The van der Waals surface area contributed by atoms with Crippen molar-refractivity contribution in [3.05, 3.63) is 23.8 Å². The zero-order valence-electron chi connectivity index (χ0n) is 10.7. The normalized spacial score (nSPS) is 14.4. The molecule has 1 aromatic carbocycles. The highest BCUT2D eigenvalue weighted by molar-refractivity contribution is 5.81. The fraction of sp³-hybridized carbons (Fsp3) is 0.462. The van der Waals surface area contributed by atoms with Gasteiger partial charge in [0.25, 0.3) is 0 Å². The highest BCUT2D eigenvalue weighted by Gasteiger charge is 2.18. The van der Waals surface area contributed by atoms with Crippen LogP contribution in [0.4, 0.5) is 0 Å². The van der Waals surface area contributed by atoms with Crippen molar-refractivity contribution in [3.63, 3.8) is 0 Å². The largest absolute Gasteiger partial charge is 0.454 e. The summed E-state index contributed by atoms with van der Waals surface area (Å²) in [5, 5.41) is 0. The van der Waals surface area contributed by atoms with Crippen LogP contribution in [-0.4, -0.2) is 30.7 Å². The van der Waals surface area contributed by atoms with E-state index in [1.165, 1.54) is 0 Å². The summed E-state index contributed by atoms with van der Waals surface area (Å²) in [6.07, 6.45) is 0.643.